The molecule has 3 rings (SSSR count). The van der Waals surface area contributed by atoms with Crippen LogP contribution in [-0.4, -0.2) is 56.3 Å². The second-order valence-electron chi connectivity index (χ2n) is 9.10. The summed E-state index contributed by atoms with van der Waals surface area (Å²) < 4.78 is 26.8. The van der Waals surface area contributed by atoms with Crippen molar-refractivity contribution in [3.8, 4) is 0 Å². The molecule has 0 bridgehead atoms. The lowest BCUT2D eigenvalue weighted by molar-refractivity contribution is -0.117. The quantitative estimate of drug-likeness (QED) is 0.618. The van der Waals surface area contributed by atoms with E-state index in [4.69, 9.17) is 0 Å². The fraction of sp³-hybridized carbons (Fsp3) is 0.423. The molecule has 6 nitrogen and oxygen atoms in total. The Morgan fingerprint density at radius 3 is 2.03 bits per heavy atom. The van der Waals surface area contributed by atoms with Gasteiger partial charge in [-0.2, -0.15) is 4.31 Å². The van der Waals surface area contributed by atoms with Gasteiger partial charge in [-0.05, 0) is 34.6 Å². The molecular weight excluding hydrogens is 434 g/mol. The number of amides is 1. The van der Waals surface area contributed by atoms with Gasteiger partial charge >= 0.3 is 0 Å². The molecule has 1 amide bonds. The number of benzene rings is 2. The van der Waals surface area contributed by atoms with Gasteiger partial charge in [0, 0.05) is 37.3 Å². The number of hydrogen-bond donors (Lipinski definition) is 1. The fourth-order valence-electron chi connectivity index (χ4n) is 4.03. The van der Waals surface area contributed by atoms with Crippen LogP contribution in [0.3, 0.4) is 0 Å². The van der Waals surface area contributed by atoms with E-state index in [-0.39, 0.29) is 12.5 Å². The van der Waals surface area contributed by atoms with E-state index in [1.165, 1.54) is 9.71 Å². The molecule has 0 saturated carbocycles. The molecule has 0 aromatic heterocycles. The predicted octanol–water partition coefficient (Wildman–Crippen LogP) is 4.49. The first-order valence-electron chi connectivity index (χ1n) is 11.6. The average molecular weight is 470 g/mol. The van der Waals surface area contributed by atoms with Gasteiger partial charge in [0.1, 0.15) is 0 Å². The molecule has 2 aromatic rings. The summed E-state index contributed by atoms with van der Waals surface area (Å²) in [4.78, 5) is 14.9. The number of para-hydroxylation sites is 1. The van der Waals surface area contributed by atoms with Gasteiger partial charge in [0.2, 0.25) is 15.9 Å². The van der Waals surface area contributed by atoms with Gasteiger partial charge in [-0.3, -0.25) is 9.69 Å². The van der Waals surface area contributed by atoms with Crippen molar-refractivity contribution in [2.24, 2.45) is 0 Å². The maximum atomic E-state index is 12.9. The Kier molecular flexibility index (Phi) is 8.46. The van der Waals surface area contributed by atoms with Gasteiger partial charge in [0.05, 0.1) is 6.54 Å². The number of rotatable bonds is 8. The molecule has 178 valence electrons. The number of hydrogen-bond acceptors (Lipinski definition) is 4. The number of nitrogens with one attached hydrogen (secondary N) is 1. The molecule has 1 aliphatic rings. The lowest BCUT2D eigenvalue weighted by Gasteiger charge is -2.33. The smallest absolute Gasteiger partial charge is 0.238 e. The normalized spacial score (nSPS) is 16.1. The molecule has 1 saturated heterocycles. The maximum Gasteiger partial charge on any atom is 0.238 e. The standard InChI is InChI=1S/C26H35N3O3S/c1-20(2)23-11-8-12-24(21(3)4)26(23)27-25(30)19-28-14-16-29(17-15-28)33(31,32)18-13-22-9-6-5-7-10-22/h5-13,18,20-21H,14-17,19H2,1-4H3,(H,27,30)/b18-13+. The molecule has 0 spiro atoms. The van der Waals surface area contributed by atoms with Crippen molar-refractivity contribution in [2.45, 2.75) is 39.5 Å². The lowest BCUT2D eigenvalue weighted by Crippen LogP contribution is -2.50. The van der Waals surface area contributed by atoms with Gasteiger partial charge in [-0.1, -0.05) is 76.2 Å². The summed E-state index contributed by atoms with van der Waals surface area (Å²) in [6, 6.07) is 15.6. The highest BCUT2D eigenvalue weighted by Crippen LogP contribution is 2.32. The van der Waals surface area contributed by atoms with E-state index in [0.717, 1.165) is 22.4 Å². The first-order valence-corrected chi connectivity index (χ1v) is 13.1. The van der Waals surface area contributed by atoms with Gasteiger partial charge in [0.25, 0.3) is 0 Å². The van der Waals surface area contributed by atoms with Crippen molar-refractivity contribution in [1.82, 2.24) is 9.21 Å². The number of sulfonamides is 1. The highest BCUT2D eigenvalue weighted by atomic mass is 32.2. The van der Waals surface area contributed by atoms with Crippen LogP contribution >= 0.6 is 0 Å². The third kappa shape index (κ3) is 6.76. The Morgan fingerprint density at radius 2 is 1.48 bits per heavy atom. The van der Waals surface area contributed by atoms with Crippen LogP contribution in [0, 0.1) is 0 Å². The van der Waals surface area contributed by atoms with Crippen LogP contribution in [0.5, 0.6) is 0 Å². The zero-order valence-corrected chi connectivity index (χ0v) is 20.8. The molecular formula is C26H35N3O3S. The number of piperazine rings is 1. The largest absolute Gasteiger partial charge is 0.324 e. The molecule has 2 aromatic carbocycles. The second-order valence-corrected chi connectivity index (χ2v) is 10.9. The minimum absolute atomic E-state index is 0.0646. The van der Waals surface area contributed by atoms with Crippen molar-refractivity contribution >= 4 is 27.7 Å². The van der Waals surface area contributed by atoms with Gasteiger partial charge in [-0.25, -0.2) is 8.42 Å². The molecule has 0 radical (unpaired) electrons. The molecule has 1 fully saturated rings. The molecule has 0 atom stereocenters. The van der Waals surface area contributed by atoms with Crippen LogP contribution in [0.4, 0.5) is 5.69 Å². The maximum absolute atomic E-state index is 12.9. The molecule has 0 unspecified atom stereocenters. The van der Waals surface area contributed by atoms with Crippen molar-refractivity contribution in [3.63, 3.8) is 0 Å². The summed E-state index contributed by atoms with van der Waals surface area (Å²) in [7, 11) is -3.49. The molecule has 1 N–H and O–H groups in total. The third-order valence-electron chi connectivity index (χ3n) is 5.93. The minimum Gasteiger partial charge on any atom is -0.324 e. The van der Waals surface area contributed by atoms with E-state index in [0.29, 0.717) is 38.0 Å². The van der Waals surface area contributed by atoms with Crippen LogP contribution < -0.4 is 5.32 Å². The number of nitrogens with zero attached hydrogens (tertiary/aromatic N) is 2. The Morgan fingerprint density at radius 1 is 0.909 bits per heavy atom. The van der Waals surface area contributed by atoms with E-state index >= 15 is 0 Å². The first-order chi connectivity index (χ1) is 15.7. The highest BCUT2D eigenvalue weighted by Gasteiger charge is 2.26. The molecule has 0 aliphatic carbocycles. The second kappa shape index (κ2) is 11.1. The first kappa shape index (κ1) is 25.1. The topological polar surface area (TPSA) is 69.7 Å². The van der Waals surface area contributed by atoms with Gasteiger partial charge in [0.15, 0.2) is 0 Å². The molecule has 1 heterocycles. The van der Waals surface area contributed by atoms with E-state index in [2.05, 4.69) is 45.1 Å². The van der Waals surface area contributed by atoms with Crippen molar-refractivity contribution in [2.75, 3.05) is 38.0 Å². The fourth-order valence-corrected chi connectivity index (χ4v) is 5.21. The Hall–Kier alpha value is -2.48. The zero-order chi connectivity index (χ0) is 24.0. The van der Waals surface area contributed by atoms with Crippen LogP contribution in [-0.2, 0) is 14.8 Å². The SMILES string of the molecule is CC(C)c1cccc(C(C)C)c1NC(=O)CN1CCN(S(=O)(=O)/C=C/c2ccccc2)CC1. The third-order valence-corrected chi connectivity index (χ3v) is 7.49. The average Bonchev–Trinajstić information content (AvgIpc) is 2.78. The summed E-state index contributed by atoms with van der Waals surface area (Å²) in [6.07, 6.45) is 1.62. The van der Waals surface area contributed by atoms with Gasteiger partial charge in [-0.15, -0.1) is 0 Å². The van der Waals surface area contributed by atoms with Crippen LogP contribution in [0.25, 0.3) is 6.08 Å². The van der Waals surface area contributed by atoms with E-state index < -0.39 is 10.0 Å². The highest BCUT2D eigenvalue weighted by molar-refractivity contribution is 7.92. The van der Waals surface area contributed by atoms with Crippen molar-refractivity contribution < 1.29 is 13.2 Å². The minimum atomic E-state index is -3.49. The number of carbonyl (C=O) groups excluding carboxylic acids is 1. The van der Waals surface area contributed by atoms with Crippen LogP contribution in [0.1, 0.15) is 56.2 Å². The molecule has 33 heavy (non-hydrogen) atoms. The predicted molar refractivity (Wildman–Crippen MR) is 136 cm³/mol. The van der Waals surface area contributed by atoms with Crippen LogP contribution in [0.15, 0.2) is 53.9 Å². The van der Waals surface area contributed by atoms with E-state index in [1.54, 1.807) is 6.08 Å². The van der Waals surface area contributed by atoms with Crippen LogP contribution in [0.2, 0.25) is 0 Å². The van der Waals surface area contributed by atoms with E-state index in [1.807, 2.05) is 41.3 Å². The van der Waals surface area contributed by atoms with Crippen molar-refractivity contribution in [1.29, 1.82) is 0 Å². The Bertz CT molecular complexity index is 1040. The summed E-state index contributed by atoms with van der Waals surface area (Å²) in [6.45, 7) is 10.5. The summed E-state index contributed by atoms with van der Waals surface area (Å²) in [5.74, 6) is 0.540. The number of anilines is 1. The summed E-state index contributed by atoms with van der Waals surface area (Å²) in [5, 5.41) is 4.41. The number of carbonyl (C=O) groups is 1. The Balaban J connectivity index is 1.58. The van der Waals surface area contributed by atoms with Gasteiger partial charge < -0.3 is 5.32 Å². The van der Waals surface area contributed by atoms with Crippen molar-refractivity contribution in [3.05, 3.63) is 70.6 Å². The zero-order valence-electron chi connectivity index (χ0n) is 20.0. The Labute approximate surface area is 198 Å². The summed E-state index contributed by atoms with van der Waals surface area (Å²) >= 11 is 0. The molecule has 1 aliphatic heterocycles. The molecule has 7 heteroatoms. The summed E-state index contributed by atoms with van der Waals surface area (Å²) in [5.41, 5.74) is 4.03. The van der Waals surface area contributed by atoms with E-state index in [9.17, 15) is 13.2 Å². The monoisotopic (exact) mass is 469 g/mol. The lowest BCUT2D eigenvalue weighted by atomic mass is 9.92.